The van der Waals surface area contributed by atoms with Gasteiger partial charge in [-0.05, 0) is 23.3 Å². The largest absolute Gasteiger partial charge is 0.467 e. The Hall–Kier alpha value is -3.40. The van der Waals surface area contributed by atoms with Crippen molar-refractivity contribution in [3.05, 3.63) is 108 Å². The molecule has 0 radical (unpaired) electrons. The van der Waals surface area contributed by atoms with Crippen molar-refractivity contribution in [3.8, 4) is 0 Å². The number of esters is 1. The molecule has 140 valence electrons. The van der Waals surface area contributed by atoms with Crippen LogP contribution in [0.5, 0.6) is 0 Å². The van der Waals surface area contributed by atoms with Gasteiger partial charge in [0.2, 0.25) is 11.4 Å². The Morgan fingerprint density at radius 3 is 2.11 bits per heavy atom. The number of ether oxygens (including phenoxy) is 2. The van der Waals surface area contributed by atoms with E-state index in [1.165, 1.54) is 7.11 Å². The Balaban J connectivity index is 1.85. The van der Waals surface area contributed by atoms with Gasteiger partial charge in [-0.25, -0.2) is 9.79 Å². The van der Waals surface area contributed by atoms with Crippen LogP contribution in [-0.4, -0.2) is 24.5 Å². The lowest BCUT2D eigenvalue weighted by Gasteiger charge is -2.29. The van der Waals surface area contributed by atoms with Crippen molar-refractivity contribution in [2.24, 2.45) is 4.99 Å². The Morgan fingerprint density at radius 1 is 0.929 bits per heavy atom. The Kier molecular flexibility index (Phi) is 4.94. The highest BCUT2D eigenvalue weighted by atomic mass is 16.5. The van der Waals surface area contributed by atoms with Crippen LogP contribution < -0.4 is 0 Å². The number of benzene rings is 3. The van der Waals surface area contributed by atoms with E-state index in [2.05, 4.69) is 0 Å². The van der Waals surface area contributed by atoms with Crippen molar-refractivity contribution in [3.63, 3.8) is 0 Å². The number of methoxy groups -OCH3 is 1. The number of nitrogens with zero attached hydrogens (tertiary/aromatic N) is 1. The molecule has 1 aliphatic heterocycles. The van der Waals surface area contributed by atoms with Crippen LogP contribution in [0.3, 0.4) is 0 Å². The molecule has 0 spiro atoms. The first-order chi connectivity index (χ1) is 13.7. The fraction of sp³-hybridized carbons (Fsp3) is 0.167. The summed E-state index contributed by atoms with van der Waals surface area (Å²) in [6.07, 6.45) is -0.187. The summed E-state index contributed by atoms with van der Waals surface area (Å²) >= 11 is 0. The summed E-state index contributed by atoms with van der Waals surface area (Å²) in [5.74, 6) is 0.0481. The average Bonchev–Trinajstić information content (AvgIpc) is 3.15. The van der Waals surface area contributed by atoms with E-state index in [0.29, 0.717) is 12.3 Å². The summed E-state index contributed by atoms with van der Waals surface area (Å²) in [5, 5.41) is 0. The lowest BCUT2D eigenvalue weighted by Crippen LogP contribution is -2.44. The number of rotatable bonds is 5. The zero-order valence-corrected chi connectivity index (χ0v) is 15.6. The summed E-state index contributed by atoms with van der Waals surface area (Å²) in [5.41, 5.74) is 1.53. The minimum absolute atomic E-state index is 0.385. The quantitative estimate of drug-likeness (QED) is 0.626. The number of carbonyl (C=O) groups is 1. The molecule has 4 rings (SSSR count). The Morgan fingerprint density at radius 2 is 1.50 bits per heavy atom. The van der Waals surface area contributed by atoms with Crippen molar-refractivity contribution in [2.45, 2.75) is 18.1 Å². The molecule has 1 aliphatic rings. The SMILES string of the molecule is COC(=O)[C@@]1(Cc2ccccc2)N=C(c2ccccc2)O[C@H]1c1ccccc1. The monoisotopic (exact) mass is 371 g/mol. The highest BCUT2D eigenvalue weighted by Gasteiger charge is 2.54. The molecular formula is C24H21NO3. The van der Waals surface area contributed by atoms with E-state index in [0.717, 1.165) is 16.7 Å². The maximum Gasteiger partial charge on any atom is 0.338 e. The van der Waals surface area contributed by atoms with Gasteiger partial charge in [0.25, 0.3) is 0 Å². The smallest absolute Gasteiger partial charge is 0.338 e. The molecule has 1 heterocycles. The molecule has 4 heteroatoms. The summed E-state index contributed by atoms with van der Waals surface area (Å²) < 4.78 is 11.5. The molecule has 0 amide bonds. The minimum Gasteiger partial charge on any atom is -0.467 e. The van der Waals surface area contributed by atoms with Gasteiger partial charge in [0.1, 0.15) is 0 Å². The molecule has 3 aromatic rings. The first kappa shape index (κ1) is 18.0. The fourth-order valence-electron chi connectivity index (χ4n) is 3.60. The molecule has 0 saturated heterocycles. The molecule has 0 aromatic heterocycles. The van der Waals surface area contributed by atoms with Crippen molar-refractivity contribution in [1.82, 2.24) is 0 Å². The predicted octanol–water partition coefficient (Wildman–Crippen LogP) is 4.36. The topological polar surface area (TPSA) is 47.9 Å². The van der Waals surface area contributed by atoms with Crippen LogP contribution in [0.25, 0.3) is 0 Å². The highest BCUT2D eigenvalue weighted by molar-refractivity contribution is 5.99. The predicted molar refractivity (Wildman–Crippen MR) is 108 cm³/mol. The van der Waals surface area contributed by atoms with E-state index in [9.17, 15) is 4.79 Å². The number of hydrogen-bond donors (Lipinski definition) is 0. The molecular weight excluding hydrogens is 350 g/mol. The molecule has 0 fully saturated rings. The second-order valence-electron chi connectivity index (χ2n) is 6.77. The van der Waals surface area contributed by atoms with Gasteiger partial charge < -0.3 is 9.47 Å². The lowest BCUT2D eigenvalue weighted by molar-refractivity contribution is -0.149. The first-order valence-electron chi connectivity index (χ1n) is 9.22. The first-order valence-corrected chi connectivity index (χ1v) is 9.22. The van der Waals surface area contributed by atoms with Gasteiger partial charge in [0, 0.05) is 12.0 Å². The van der Waals surface area contributed by atoms with E-state index < -0.39 is 17.6 Å². The molecule has 3 aromatic carbocycles. The third-order valence-electron chi connectivity index (χ3n) is 4.94. The number of hydrogen-bond acceptors (Lipinski definition) is 4. The van der Waals surface area contributed by atoms with Crippen LogP contribution in [0.2, 0.25) is 0 Å². The zero-order valence-electron chi connectivity index (χ0n) is 15.6. The third kappa shape index (κ3) is 3.29. The summed E-state index contributed by atoms with van der Waals surface area (Å²) in [6.45, 7) is 0. The molecule has 0 N–H and O–H groups in total. The maximum absolute atomic E-state index is 13.1. The van der Waals surface area contributed by atoms with Gasteiger partial charge in [-0.15, -0.1) is 0 Å². The van der Waals surface area contributed by atoms with Gasteiger partial charge in [-0.3, -0.25) is 0 Å². The second kappa shape index (κ2) is 7.69. The minimum atomic E-state index is -1.19. The average molecular weight is 371 g/mol. The number of aliphatic imine (C=N–C) groups is 1. The molecule has 0 saturated carbocycles. The van der Waals surface area contributed by atoms with Crippen LogP contribution in [0.1, 0.15) is 22.8 Å². The molecule has 0 bridgehead atoms. The van der Waals surface area contributed by atoms with E-state index >= 15 is 0 Å². The lowest BCUT2D eigenvalue weighted by atomic mass is 9.83. The van der Waals surface area contributed by atoms with Crippen LogP contribution >= 0.6 is 0 Å². The van der Waals surface area contributed by atoms with Gasteiger partial charge in [0.15, 0.2) is 6.10 Å². The summed E-state index contributed by atoms with van der Waals surface area (Å²) in [6, 6.07) is 29.2. The molecule has 28 heavy (non-hydrogen) atoms. The van der Waals surface area contributed by atoms with Crippen LogP contribution in [0.15, 0.2) is 96.0 Å². The number of carbonyl (C=O) groups excluding carboxylic acids is 1. The third-order valence-corrected chi connectivity index (χ3v) is 4.94. The summed E-state index contributed by atoms with van der Waals surface area (Å²) in [4.78, 5) is 17.9. The normalized spacial score (nSPS) is 20.9. The van der Waals surface area contributed by atoms with Gasteiger partial charge in [0.05, 0.1) is 7.11 Å². The van der Waals surface area contributed by atoms with Crippen LogP contribution in [0.4, 0.5) is 0 Å². The molecule has 4 nitrogen and oxygen atoms in total. The van der Waals surface area contributed by atoms with Crippen molar-refractivity contribution in [2.75, 3.05) is 7.11 Å². The molecule has 0 aliphatic carbocycles. The maximum atomic E-state index is 13.1. The van der Waals surface area contributed by atoms with Crippen LogP contribution in [-0.2, 0) is 20.7 Å². The Labute approximate surface area is 164 Å². The van der Waals surface area contributed by atoms with Crippen molar-refractivity contribution >= 4 is 11.9 Å². The van der Waals surface area contributed by atoms with Gasteiger partial charge in [-0.2, -0.15) is 0 Å². The second-order valence-corrected chi connectivity index (χ2v) is 6.77. The zero-order chi connectivity index (χ0) is 19.4. The van der Waals surface area contributed by atoms with Crippen LogP contribution in [0, 0.1) is 0 Å². The molecule has 0 unspecified atom stereocenters. The van der Waals surface area contributed by atoms with E-state index in [-0.39, 0.29) is 0 Å². The van der Waals surface area contributed by atoms with Crippen molar-refractivity contribution in [1.29, 1.82) is 0 Å². The van der Waals surface area contributed by atoms with E-state index in [1.54, 1.807) is 0 Å². The van der Waals surface area contributed by atoms with E-state index in [4.69, 9.17) is 14.5 Å². The van der Waals surface area contributed by atoms with Gasteiger partial charge in [-0.1, -0.05) is 78.9 Å². The summed E-state index contributed by atoms with van der Waals surface area (Å²) in [7, 11) is 1.40. The highest BCUT2D eigenvalue weighted by Crippen LogP contribution is 2.42. The van der Waals surface area contributed by atoms with Crippen molar-refractivity contribution < 1.29 is 14.3 Å². The fourth-order valence-corrected chi connectivity index (χ4v) is 3.60. The Bertz CT molecular complexity index is 971. The molecule has 2 atom stereocenters. The van der Waals surface area contributed by atoms with Gasteiger partial charge >= 0.3 is 5.97 Å². The van der Waals surface area contributed by atoms with E-state index in [1.807, 2.05) is 91.0 Å². The standard InChI is InChI=1S/C24H21NO3/c1-27-23(26)24(17-18-11-5-2-6-12-18)21(19-13-7-3-8-14-19)28-22(25-24)20-15-9-4-10-16-20/h2-16,21H,17H2,1H3/t21-,24-/m0/s1.